The summed E-state index contributed by atoms with van der Waals surface area (Å²) in [6.07, 6.45) is -4.38. The molecular formula is C43H57F4N5O7. The highest BCUT2D eigenvalue weighted by Crippen LogP contribution is 2.45. The second kappa shape index (κ2) is 17.5. The molecule has 59 heavy (non-hydrogen) atoms. The minimum Gasteiger partial charge on any atom is -0.488 e. The fraction of sp³-hybridized carbons (Fsp3) is 0.628. The fourth-order valence-corrected chi connectivity index (χ4v) is 8.17. The van der Waals surface area contributed by atoms with Gasteiger partial charge >= 0.3 is 18.4 Å². The van der Waals surface area contributed by atoms with Crippen molar-refractivity contribution in [3.05, 3.63) is 58.9 Å². The number of anilines is 1. The first-order valence-electron chi connectivity index (χ1n) is 20.6. The van der Waals surface area contributed by atoms with Gasteiger partial charge in [-0.15, -0.1) is 0 Å². The summed E-state index contributed by atoms with van der Waals surface area (Å²) in [5.41, 5.74) is 0.493. The molecule has 1 saturated carbocycles. The van der Waals surface area contributed by atoms with Gasteiger partial charge < -0.3 is 38.7 Å². The van der Waals surface area contributed by atoms with Crippen molar-refractivity contribution < 1.29 is 51.0 Å². The Morgan fingerprint density at radius 2 is 1.15 bits per heavy atom. The molecule has 324 valence electrons. The molecule has 0 unspecified atom stereocenters. The molecular weight excluding hydrogens is 774 g/mol. The minimum absolute atomic E-state index is 0.0187. The van der Waals surface area contributed by atoms with Gasteiger partial charge in [-0.25, -0.2) is 14.0 Å². The van der Waals surface area contributed by atoms with Crippen molar-refractivity contribution in [3.8, 4) is 5.75 Å². The molecule has 0 aromatic heterocycles. The van der Waals surface area contributed by atoms with Gasteiger partial charge in [0.15, 0.2) is 0 Å². The second-order valence-electron chi connectivity index (χ2n) is 18.0. The number of amides is 4. The quantitative estimate of drug-likeness (QED) is 0.273. The summed E-state index contributed by atoms with van der Waals surface area (Å²) in [5, 5.41) is 0. The topological polar surface area (TPSA) is 112 Å². The van der Waals surface area contributed by atoms with Crippen molar-refractivity contribution in [1.82, 2.24) is 19.6 Å². The number of halogens is 4. The van der Waals surface area contributed by atoms with Crippen molar-refractivity contribution in [2.24, 2.45) is 5.92 Å². The van der Waals surface area contributed by atoms with E-state index in [1.54, 1.807) is 85.4 Å². The molecule has 0 spiro atoms. The molecule has 1 atom stereocenters. The van der Waals surface area contributed by atoms with Crippen LogP contribution in [0.4, 0.5) is 32.8 Å². The van der Waals surface area contributed by atoms with E-state index in [2.05, 4.69) is 0 Å². The Kier molecular flexibility index (Phi) is 13.0. The lowest BCUT2D eigenvalue weighted by Gasteiger charge is -2.37. The predicted molar refractivity (Wildman–Crippen MR) is 212 cm³/mol. The third-order valence-corrected chi connectivity index (χ3v) is 11.3. The summed E-state index contributed by atoms with van der Waals surface area (Å²) in [7, 11) is 0. The van der Waals surface area contributed by atoms with E-state index in [1.165, 1.54) is 12.1 Å². The summed E-state index contributed by atoms with van der Waals surface area (Å²) in [6, 6.07) is 9.31. The number of ether oxygens (including phenoxy) is 3. The Balaban J connectivity index is 1.09. The number of rotatable bonds is 6. The number of benzene rings is 2. The van der Waals surface area contributed by atoms with Crippen molar-refractivity contribution >= 4 is 29.7 Å². The number of hydrogen-bond acceptors (Lipinski definition) is 8. The number of piperazine rings is 2. The lowest BCUT2D eigenvalue weighted by atomic mass is 9.78. The maximum Gasteiger partial charge on any atom is 0.410 e. The number of carbonyl (C=O) groups excluding carboxylic acids is 4. The number of alkyl halides is 3. The summed E-state index contributed by atoms with van der Waals surface area (Å²) in [5.74, 6) is -2.32. The molecule has 16 heteroatoms. The number of nitrogens with zero attached hydrogens (tertiary/aromatic N) is 5. The molecule has 3 aliphatic heterocycles. The summed E-state index contributed by atoms with van der Waals surface area (Å²) in [4.78, 5) is 61.2. The summed E-state index contributed by atoms with van der Waals surface area (Å²) in [6.45, 7) is 14.1. The predicted octanol–water partition coefficient (Wildman–Crippen LogP) is 7.71. The Morgan fingerprint density at radius 3 is 1.71 bits per heavy atom. The van der Waals surface area contributed by atoms with Gasteiger partial charge in [0.1, 0.15) is 28.9 Å². The molecule has 2 aromatic rings. The molecule has 0 bridgehead atoms. The molecule has 0 N–H and O–H groups in total. The summed E-state index contributed by atoms with van der Waals surface area (Å²) < 4.78 is 73.1. The van der Waals surface area contributed by atoms with E-state index in [0.717, 1.165) is 0 Å². The van der Waals surface area contributed by atoms with Crippen molar-refractivity contribution in [3.63, 3.8) is 0 Å². The van der Waals surface area contributed by atoms with Crippen molar-refractivity contribution in [2.45, 2.75) is 103 Å². The van der Waals surface area contributed by atoms with Crippen LogP contribution < -0.4 is 9.64 Å². The van der Waals surface area contributed by atoms with Crippen molar-refractivity contribution in [2.75, 3.05) is 70.3 Å². The van der Waals surface area contributed by atoms with Gasteiger partial charge in [-0.05, 0) is 115 Å². The van der Waals surface area contributed by atoms with Gasteiger partial charge in [-0.1, -0.05) is 0 Å². The van der Waals surface area contributed by atoms with Crippen LogP contribution in [0.5, 0.6) is 5.75 Å². The average Bonchev–Trinajstić information content (AvgIpc) is 3.65. The van der Waals surface area contributed by atoms with Crippen LogP contribution >= 0.6 is 0 Å². The van der Waals surface area contributed by atoms with E-state index >= 15 is 0 Å². The molecule has 4 amide bonds. The third kappa shape index (κ3) is 11.3. The van der Waals surface area contributed by atoms with Gasteiger partial charge in [0, 0.05) is 82.1 Å². The first-order valence-corrected chi connectivity index (χ1v) is 20.6. The lowest BCUT2D eigenvalue weighted by Crippen LogP contribution is -2.51. The van der Waals surface area contributed by atoms with Gasteiger partial charge in [-0.2, -0.15) is 13.2 Å². The van der Waals surface area contributed by atoms with Crippen LogP contribution in [0, 0.1) is 11.7 Å². The standard InChI is InChI=1S/C43H57F4N5O7/c1-41(2,3)58-39(55)51-21-15-48(16-22-51)33-24-30(23-32(44)26-33)38(54)50-19-17-49(18-20-50)37(53)29-9-12-36(35(25-29)28-7-10-31(11-8-28)43(45,46)47)57-34-13-14-52(27-34)40(56)59-42(4,5)6/h9,12,23-26,28,31,34H,7-8,10-11,13-22,27H2,1-6H3/t28?,31?,34-/m0/s1. The largest absolute Gasteiger partial charge is 0.488 e. The zero-order valence-electron chi connectivity index (χ0n) is 34.9. The van der Waals surface area contributed by atoms with E-state index in [-0.39, 0.29) is 81.3 Å². The van der Waals surface area contributed by atoms with E-state index in [4.69, 9.17) is 14.2 Å². The molecule has 2 aromatic carbocycles. The SMILES string of the molecule is CC(C)(C)OC(=O)N1CCN(c2cc(F)cc(C(=O)N3CCN(C(=O)c4ccc(O[C@H]5CCN(C(=O)OC(C)(C)C)C5)c(C5CCC(C(F)(F)F)CC5)c4)CC3)c2)CC1. The molecule has 12 nitrogen and oxygen atoms in total. The van der Waals surface area contributed by atoms with Gasteiger partial charge in [-0.3, -0.25) is 9.59 Å². The summed E-state index contributed by atoms with van der Waals surface area (Å²) >= 11 is 0. The number of likely N-dealkylation sites (tertiary alicyclic amines) is 1. The van der Waals surface area contributed by atoms with E-state index in [9.17, 15) is 36.7 Å². The second-order valence-corrected chi connectivity index (χ2v) is 18.0. The maximum absolute atomic E-state index is 14.9. The highest BCUT2D eigenvalue weighted by molar-refractivity contribution is 5.97. The Bertz CT molecular complexity index is 1860. The Morgan fingerprint density at radius 1 is 0.610 bits per heavy atom. The van der Waals surface area contributed by atoms with Crippen molar-refractivity contribution in [1.29, 1.82) is 0 Å². The number of hydrogen-bond donors (Lipinski definition) is 0. The van der Waals surface area contributed by atoms with Crippen LogP contribution in [0.3, 0.4) is 0 Å². The normalized spacial score (nSPS) is 22.0. The molecule has 6 rings (SSSR count). The zero-order chi connectivity index (χ0) is 42.9. The van der Waals surface area contributed by atoms with E-state index < -0.39 is 41.3 Å². The molecule has 0 radical (unpaired) electrons. The fourth-order valence-electron chi connectivity index (χ4n) is 8.17. The Labute approximate surface area is 343 Å². The highest BCUT2D eigenvalue weighted by atomic mass is 19.4. The molecule has 4 aliphatic rings. The zero-order valence-corrected chi connectivity index (χ0v) is 34.9. The molecule has 3 saturated heterocycles. The van der Waals surface area contributed by atoms with E-state index in [0.29, 0.717) is 68.3 Å². The average molecular weight is 832 g/mol. The number of carbonyl (C=O) groups is 4. The first kappa shape index (κ1) is 43.8. The van der Waals surface area contributed by atoms with Gasteiger partial charge in [0.2, 0.25) is 0 Å². The van der Waals surface area contributed by atoms with Crippen LogP contribution in [-0.2, 0) is 9.47 Å². The van der Waals surface area contributed by atoms with Crippen LogP contribution in [0.15, 0.2) is 36.4 Å². The smallest absolute Gasteiger partial charge is 0.410 e. The maximum atomic E-state index is 14.9. The highest BCUT2D eigenvalue weighted by Gasteiger charge is 2.42. The monoisotopic (exact) mass is 831 g/mol. The van der Waals surface area contributed by atoms with Crippen LogP contribution in [0.1, 0.15) is 106 Å². The van der Waals surface area contributed by atoms with Crippen LogP contribution in [0.25, 0.3) is 0 Å². The molecule has 3 heterocycles. The van der Waals surface area contributed by atoms with E-state index in [1.807, 2.05) is 4.90 Å². The first-order chi connectivity index (χ1) is 27.6. The lowest BCUT2D eigenvalue weighted by molar-refractivity contribution is -0.182. The van der Waals surface area contributed by atoms with Gasteiger partial charge in [0.25, 0.3) is 11.8 Å². The third-order valence-electron chi connectivity index (χ3n) is 11.3. The Hall–Kier alpha value is -4.76. The minimum atomic E-state index is -4.27. The van der Waals surface area contributed by atoms with Crippen LogP contribution in [-0.4, -0.2) is 133 Å². The molecule has 1 aliphatic carbocycles. The van der Waals surface area contributed by atoms with Gasteiger partial charge in [0.05, 0.1) is 12.5 Å². The molecule has 4 fully saturated rings. The van der Waals surface area contributed by atoms with Crippen LogP contribution in [0.2, 0.25) is 0 Å².